The molecule has 0 aliphatic carbocycles. The molecule has 0 aliphatic heterocycles. The van der Waals surface area contributed by atoms with Crippen LogP contribution in [0.1, 0.15) is 17.6 Å². The molecule has 0 spiro atoms. The summed E-state index contributed by atoms with van der Waals surface area (Å²) >= 11 is 0. The van der Waals surface area contributed by atoms with Gasteiger partial charge in [-0.3, -0.25) is 0 Å². The van der Waals surface area contributed by atoms with Crippen molar-refractivity contribution < 1.29 is 8.78 Å². The van der Waals surface area contributed by atoms with Crippen LogP contribution in [0, 0.1) is 12.3 Å². The number of hydrogen-bond acceptors (Lipinski definition) is 0. The van der Waals surface area contributed by atoms with Gasteiger partial charge in [0.2, 0.25) is 0 Å². The number of halogens is 2. The first kappa shape index (κ1) is 11.3. The van der Waals surface area contributed by atoms with Gasteiger partial charge in [-0.25, -0.2) is 8.78 Å². The molecule has 2 rings (SSSR count). The van der Waals surface area contributed by atoms with Gasteiger partial charge in [0.05, 0.1) is 0 Å². The van der Waals surface area contributed by atoms with Crippen molar-refractivity contribution in [3.8, 4) is 23.5 Å². The molecule has 0 aromatic heterocycles. The molecule has 0 amide bonds. The molecular weight excluding hydrogens is 218 g/mol. The second-order valence-electron chi connectivity index (χ2n) is 3.65. The maximum absolute atomic E-state index is 12.4. The Morgan fingerprint density at radius 1 is 0.941 bits per heavy atom. The molecular formula is C15H10F2. The molecule has 0 nitrogen and oxygen atoms in total. The number of hydrogen-bond donors (Lipinski definition) is 0. The quantitative estimate of drug-likeness (QED) is 0.673. The predicted octanol–water partition coefficient (Wildman–Crippen LogP) is 4.27. The van der Waals surface area contributed by atoms with E-state index in [0.29, 0.717) is 0 Å². The first-order valence-corrected chi connectivity index (χ1v) is 5.16. The van der Waals surface area contributed by atoms with Crippen LogP contribution in [0.3, 0.4) is 0 Å². The second kappa shape index (κ2) is 4.80. The van der Waals surface area contributed by atoms with Crippen LogP contribution in [-0.2, 0) is 0 Å². The molecule has 0 saturated carbocycles. The van der Waals surface area contributed by atoms with E-state index >= 15 is 0 Å². The highest BCUT2D eigenvalue weighted by Crippen LogP contribution is 2.24. The van der Waals surface area contributed by atoms with Crippen LogP contribution in [0.5, 0.6) is 0 Å². The lowest BCUT2D eigenvalue weighted by Crippen LogP contribution is -1.84. The normalized spacial score (nSPS) is 10.2. The number of rotatable bonds is 2. The summed E-state index contributed by atoms with van der Waals surface area (Å²) in [7, 11) is 0. The van der Waals surface area contributed by atoms with Crippen molar-refractivity contribution in [1.29, 1.82) is 0 Å². The number of alkyl halides is 2. The van der Waals surface area contributed by atoms with E-state index in [-0.39, 0.29) is 5.56 Å². The van der Waals surface area contributed by atoms with Crippen LogP contribution in [-0.4, -0.2) is 0 Å². The molecule has 0 N–H and O–H groups in total. The van der Waals surface area contributed by atoms with Crippen molar-refractivity contribution in [2.75, 3.05) is 0 Å². The smallest absolute Gasteiger partial charge is 0.205 e. The topological polar surface area (TPSA) is 0 Å². The minimum atomic E-state index is -2.43. The molecule has 2 aromatic rings. The fourth-order valence-corrected chi connectivity index (χ4v) is 1.61. The Labute approximate surface area is 98.9 Å². The lowest BCUT2D eigenvalue weighted by atomic mass is 10.0. The molecule has 84 valence electrons. The van der Waals surface area contributed by atoms with Gasteiger partial charge in [-0.2, -0.15) is 0 Å². The third kappa shape index (κ3) is 2.51. The van der Waals surface area contributed by atoms with E-state index in [1.165, 1.54) is 12.1 Å². The summed E-state index contributed by atoms with van der Waals surface area (Å²) in [6.07, 6.45) is 2.88. The largest absolute Gasteiger partial charge is 0.263 e. The summed E-state index contributed by atoms with van der Waals surface area (Å²) in [6, 6.07) is 13.7. The Kier molecular flexibility index (Phi) is 3.20. The molecule has 0 radical (unpaired) electrons. The highest BCUT2D eigenvalue weighted by atomic mass is 19.3. The minimum Gasteiger partial charge on any atom is -0.205 e. The van der Waals surface area contributed by atoms with E-state index in [2.05, 4.69) is 5.92 Å². The maximum atomic E-state index is 12.4. The molecule has 0 fully saturated rings. The van der Waals surface area contributed by atoms with Crippen LogP contribution < -0.4 is 0 Å². The summed E-state index contributed by atoms with van der Waals surface area (Å²) < 4.78 is 24.8. The van der Waals surface area contributed by atoms with Crippen LogP contribution in [0.2, 0.25) is 0 Å². The molecule has 0 unspecified atom stereocenters. The average Bonchev–Trinajstić information content (AvgIpc) is 2.39. The van der Waals surface area contributed by atoms with Gasteiger partial charge < -0.3 is 0 Å². The number of terminal acetylenes is 1. The Balaban J connectivity index is 2.37. The van der Waals surface area contributed by atoms with E-state index in [0.717, 1.165) is 16.7 Å². The van der Waals surface area contributed by atoms with E-state index in [1.807, 2.05) is 24.3 Å². The third-order valence-corrected chi connectivity index (χ3v) is 2.53. The van der Waals surface area contributed by atoms with Gasteiger partial charge in [0.1, 0.15) is 0 Å². The first-order chi connectivity index (χ1) is 8.20. The molecule has 0 atom stereocenters. The lowest BCUT2D eigenvalue weighted by molar-refractivity contribution is 0.151. The standard InChI is InChI=1S/C15H10F2/c1-2-11-4-3-5-14(10-11)12-6-8-13(9-7-12)15(16)17/h1,3-10,15H. The fourth-order valence-electron chi connectivity index (χ4n) is 1.61. The van der Waals surface area contributed by atoms with E-state index in [4.69, 9.17) is 6.42 Å². The molecule has 0 bridgehead atoms. The van der Waals surface area contributed by atoms with Crippen LogP contribution >= 0.6 is 0 Å². The molecule has 2 heteroatoms. The maximum Gasteiger partial charge on any atom is 0.263 e. The minimum absolute atomic E-state index is 0.0295. The number of benzene rings is 2. The zero-order valence-corrected chi connectivity index (χ0v) is 9.03. The monoisotopic (exact) mass is 228 g/mol. The predicted molar refractivity (Wildman–Crippen MR) is 64.8 cm³/mol. The Morgan fingerprint density at radius 3 is 2.24 bits per heavy atom. The van der Waals surface area contributed by atoms with E-state index < -0.39 is 6.43 Å². The van der Waals surface area contributed by atoms with Crippen molar-refractivity contribution in [2.24, 2.45) is 0 Å². The van der Waals surface area contributed by atoms with Gasteiger partial charge in [0.25, 0.3) is 6.43 Å². The third-order valence-electron chi connectivity index (χ3n) is 2.53. The highest BCUT2D eigenvalue weighted by molar-refractivity contribution is 5.65. The van der Waals surface area contributed by atoms with Gasteiger partial charge in [-0.15, -0.1) is 6.42 Å². The Hall–Kier alpha value is -2.14. The van der Waals surface area contributed by atoms with E-state index in [1.54, 1.807) is 12.1 Å². The Morgan fingerprint density at radius 2 is 1.65 bits per heavy atom. The second-order valence-corrected chi connectivity index (χ2v) is 3.65. The van der Waals surface area contributed by atoms with Crippen molar-refractivity contribution in [3.63, 3.8) is 0 Å². The van der Waals surface area contributed by atoms with Crippen LogP contribution in [0.25, 0.3) is 11.1 Å². The van der Waals surface area contributed by atoms with Crippen molar-refractivity contribution in [1.82, 2.24) is 0 Å². The van der Waals surface area contributed by atoms with Crippen molar-refractivity contribution >= 4 is 0 Å². The molecule has 2 aromatic carbocycles. The molecule has 17 heavy (non-hydrogen) atoms. The van der Waals surface area contributed by atoms with Crippen molar-refractivity contribution in [3.05, 3.63) is 59.7 Å². The average molecular weight is 228 g/mol. The zero-order chi connectivity index (χ0) is 12.3. The molecule has 0 saturated heterocycles. The van der Waals surface area contributed by atoms with Gasteiger partial charge in [-0.1, -0.05) is 42.3 Å². The first-order valence-electron chi connectivity index (χ1n) is 5.16. The summed E-state index contributed by atoms with van der Waals surface area (Å²) in [5, 5.41) is 0. The van der Waals surface area contributed by atoms with Gasteiger partial charge >= 0.3 is 0 Å². The van der Waals surface area contributed by atoms with Gasteiger partial charge in [0.15, 0.2) is 0 Å². The zero-order valence-electron chi connectivity index (χ0n) is 9.03. The van der Waals surface area contributed by atoms with E-state index in [9.17, 15) is 8.78 Å². The summed E-state index contributed by atoms with van der Waals surface area (Å²) in [5.41, 5.74) is 2.62. The van der Waals surface area contributed by atoms with Crippen molar-refractivity contribution in [2.45, 2.75) is 6.43 Å². The Bertz CT molecular complexity index is 548. The lowest BCUT2D eigenvalue weighted by Gasteiger charge is -2.04. The van der Waals surface area contributed by atoms with Crippen LogP contribution in [0.4, 0.5) is 8.78 Å². The summed E-state index contributed by atoms with van der Waals surface area (Å²) in [6.45, 7) is 0. The summed E-state index contributed by atoms with van der Waals surface area (Å²) in [4.78, 5) is 0. The molecule has 0 heterocycles. The fraction of sp³-hybridized carbons (Fsp3) is 0.0667. The van der Waals surface area contributed by atoms with Gasteiger partial charge in [0, 0.05) is 11.1 Å². The van der Waals surface area contributed by atoms with Gasteiger partial charge in [-0.05, 0) is 23.3 Å². The highest BCUT2D eigenvalue weighted by Gasteiger charge is 2.06. The molecule has 0 aliphatic rings. The van der Waals surface area contributed by atoms with Crippen LogP contribution in [0.15, 0.2) is 48.5 Å². The summed E-state index contributed by atoms with van der Waals surface area (Å²) in [5.74, 6) is 2.55. The SMILES string of the molecule is C#Cc1cccc(-c2ccc(C(F)F)cc2)c1.